The molecule has 1 rings (SSSR count). The molecule has 0 aromatic carbocycles. The Kier molecular flexibility index (Phi) is 2.56. The molecule has 1 heterocycles. The highest BCUT2D eigenvalue weighted by atomic mass is 32.1. The Balaban J connectivity index is 2.74. The van der Waals surface area contributed by atoms with Gasteiger partial charge in [0.15, 0.2) is 0 Å². The van der Waals surface area contributed by atoms with Crippen molar-refractivity contribution in [2.45, 2.75) is 6.54 Å². The summed E-state index contributed by atoms with van der Waals surface area (Å²) in [5.41, 5.74) is 0. The van der Waals surface area contributed by atoms with E-state index < -0.39 is 0 Å². The van der Waals surface area contributed by atoms with Crippen LogP contribution in [0.1, 0.15) is 9.75 Å². The van der Waals surface area contributed by atoms with Crippen molar-refractivity contribution in [3.63, 3.8) is 0 Å². The summed E-state index contributed by atoms with van der Waals surface area (Å²) in [6.07, 6.45) is 1.44. The van der Waals surface area contributed by atoms with Crippen LogP contribution in [-0.4, -0.2) is 6.08 Å². The Bertz CT molecular complexity index is 330. The van der Waals surface area contributed by atoms with E-state index in [-0.39, 0.29) is 0 Å². The highest BCUT2D eigenvalue weighted by molar-refractivity contribution is 7.12. The van der Waals surface area contributed by atoms with Crippen molar-refractivity contribution in [1.29, 1.82) is 5.26 Å². The second kappa shape index (κ2) is 3.67. The number of aliphatic imine (C=N–C) groups is 1. The van der Waals surface area contributed by atoms with Crippen LogP contribution in [-0.2, 0) is 11.3 Å². The standard InChI is InChI=1S/C7H4N2OS/c8-3-6-1-2-7(11-6)4-9-5-10/h1-2H,4H2. The first-order valence-corrected chi connectivity index (χ1v) is 3.71. The van der Waals surface area contributed by atoms with E-state index in [4.69, 9.17) is 5.26 Å². The van der Waals surface area contributed by atoms with Crippen molar-refractivity contribution in [3.05, 3.63) is 21.9 Å². The van der Waals surface area contributed by atoms with E-state index in [0.717, 1.165) is 4.88 Å². The molecule has 0 bridgehead atoms. The van der Waals surface area contributed by atoms with Crippen LogP contribution in [0.4, 0.5) is 0 Å². The van der Waals surface area contributed by atoms with Gasteiger partial charge in [-0.1, -0.05) is 0 Å². The SMILES string of the molecule is N#Cc1ccc(CN=C=O)s1. The molecular formula is C7H4N2OS. The molecule has 1 aromatic rings. The van der Waals surface area contributed by atoms with Crippen molar-refractivity contribution in [2.24, 2.45) is 4.99 Å². The molecule has 0 unspecified atom stereocenters. The van der Waals surface area contributed by atoms with E-state index in [9.17, 15) is 4.79 Å². The van der Waals surface area contributed by atoms with E-state index >= 15 is 0 Å². The summed E-state index contributed by atoms with van der Waals surface area (Å²) in [5.74, 6) is 0. The maximum absolute atomic E-state index is 9.70. The second-order valence-corrected chi connectivity index (χ2v) is 2.95. The van der Waals surface area contributed by atoms with Crippen LogP contribution in [0.15, 0.2) is 17.1 Å². The Morgan fingerprint density at radius 2 is 2.45 bits per heavy atom. The molecule has 0 saturated carbocycles. The first-order valence-electron chi connectivity index (χ1n) is 2.89. The summed E-state index contributed by atoms with van der Waals surface area (Å²) in [4.78, 5) is 14.6. The lowest BCUT2D eigenvalue weighted by molar-refractivity contribution is 0.563. The molecule has 0 atom stereocenters. The normalized spacial score (nSPS) is 8.27. The van der Waals surface area contributed by atoms with E-state index in [1.165, 1.54) is 17.4 Å². The fraction of sp³-hybridized carbons (Fsp3) is 0.143. The van der Waals surface area contributed by atoms with Gasteiger partial charge < -0.3 is 0 Å². The van der Waals surface area contributed by atoms with Crippen molar-refractivity contribution >= 4 is 17.4 Å². The number of thiophene rings is 1. The number of carbonyl (C=O) groups excluding carboxylic acids is 1. The van der Waals surface area contributed by atoms with Crippen molar-refractivity contribution < 1.29 is 4.79 Å². The molecule has 0 spiro atoms. The minimum absolute atomic E-state index is 0.329. The summed E-state index contributed by atoms with van der Waals surface area (Å²) >= 11 is 1.34. The van der Waals surface area contributed by atoms with Gasteiger partial charge in [-0.15, -0.1) is 11.3 Å². The molecular weight excluding hydrogens is 160 g/mol. The van der Waals surface area contributed by atoms with Crippen LogP contribution in [0.5, 0.6) is 0 Å². The van der Waals surface area contributed by atoms with Gasteiger partial charge in [0.2, 0.25) is 6.08 Å². The van der Waals surface area contributed by atoms with Crippen molar-refractivity contribution in [1.82, 2.24) is 0 Å². The summed E-state index contributed by atoms with van der Waals surface area (Å²) in [6, 6.07) is 5.49. The van der Waals surface area contributed by atoms with Crippen LogP contribution in [0.25, 0.3) is 0 Å². The molecule has 3 nitrogen and oxygen atoms in total. The zero-order chi connectivity index (χ0) is 8.10. The highest BCUT2D eigenvalue weighted by Crippen LogP contribution is 2.15. The fourth-order valence-electron chi connectivity index (χ4n) is 0.633. The molecule has 0 amide bonds. The molecule has 0 aliphatic rings. The fourth-order valence-corrected chi connectivity index (χ4v) is 1.36. The topological polar surface area (TPSA) is 53.2 Å². The van der Waals surface area contributed by atoms with Gasteiger partial charge in [0.05, 0.1) is 6.54 Å². The minimum Gasteiger partial charge on any atom is -0.211 e. The largest absolute Gasteiger partial charge is 0.235 e. The summed E-state index contributed by atoms with van der Waals surface area (Å²) < 4.78 is 0. The van der Waals surface area contributed by atoms with Gasteiger partial charge in [0.25, 0.3) is 0 Å². The monoisotopic (exact) mass is 164 g/mol. The number of nitriles is 1. The highest BCUT2D eigenvalue weighted by Gasteiger charge is 1.96. The van der Waals surface area contributed by atoms with E-state index in [0.29, 0.717) is 11.4 Å². The molecule has 1 aromatic heterocycles. The zero-order valence-corrected chi connectivity index (χ0v) is 6.39. The van der Waals surface area contributed by atoms with Crippen LogP contribution >= 0.6 is 11.3 Å². The molecule has 0 saturated heterocycles. The summed E-state index contributed by atoms with van der Waals surface area (Å²) in [5, 5.41) is 8.43. The third-order valence-corrected chi connectivity index (χ3v) is 2.05. The summed E-state index contributed by atoms with van der Waals surface area (Å²) in [7, 11) is 0. The van der Waals surface area contributed by atoms with Gasteiger partial charge in [0, 0.05) is 4.88 Å². The quantitative estimate of drug-likeness (QED) is 0.490. The third-order valence-electron chi connectivity index (χ3n) is 1.07. The first kappa shape index (κ1) is 7.67. The van der Waals surface area contributed by atoms with Crippen LogP contribution in [0, 0.1) is 11.3 Å². The molecule has 0 radical (unpaired) electrons. The van der Waals surface area contributed by atoms with E-state index in [1.807, 2.05) is 6.07 Å². The Morgan fingerprint density at radius 3 is 3.00 bits per heavy atom. The van der Waals surface area contributed by atoms with Gasteiger partial charge in [-0.3, -0.25) is 0 Å². The number of nitrogens with zero attached hydrogens (tertiary/aromatic N) is 2. The smallest absolute Gasteiger partial charge is 0.211 e. The predicted molar refractivity (Wildman–Crippen MR) is 40.9 cm³/mol. The number of isocyanates is 1. The van der Waals surface area contributed by atoms with Gasteiger partial charge >= 0.3 is 0 Å². The van der Waals surface area contributed by atoms with E-state index in [2.05, 4.69) is 4.99 Å². The maximum atomic E-state index is 9.70. The third kappa shape index (κ3) is 2.01. The molecule has 11 heavy (non-hydrogen) atoms. The average molecular weight is 164 g/mol. The Morgan fingerprint density at radius 1 is 1.64 bits per heavy atom. The zero-order valence-electron chi connectivity index (χ0n) is 5.57. The lowest BCUT2D eigenvalue weighted by Crippen LogP contribution is -1.69. The molecule has 0 aliphatic heterocycles. The molecule has 0 N–H and O–H groups in total. The minimum atomic E-state index is 0.329. The van der Waals surface area contributed by atoms with Gasteiger partial charge in [0.1, 0.15) is 10.9 Å². The molecule has 54 valence electrons. The molecule has 0 aliphatic carbocycles. The average Bonchev–Trinajstić information content (AvgIpc) is 2.48. The second-order valence-electron chi connectivity index (χ2n) is 1.79. The van der Waals surface area contributed by atoms with Crippen LogP contribution < -0.4 is 0 Å². The van der Waals surface area contributed by atoms with Crippen molar-refractivity contribution in [3.8, 4) is 6.07 Å². The Hall–Kier alpha value is -1.43. The van der Waals surface area contributed by atoms with Crippen LogP contribution in [0.3, 0.4) is 0 Å². The predicted octanol–water partition coefficient (Wildman–Crippen LogP) is 1.46. The lowest BCUT2D eigenvalue weighted by atomic mass is 10.4. The first-order chi connectivity index (χ1) is 5.36. The Labute approximate surface area is 67.6 Å². The molecule has 0 fully saturated rings. The van der Waals surface area contributed by atoms with Gasteiger partial charge in [-0.05, 0) is 12.1 Å². The van der Waals surface area contributed by atoms with Crippen molar-refractivity contribution in [2.75, 3.05) is 0 Å². The number of hydrogen-bond donors (Lipinski definition) is 0. The maximum Gasteiger partial charge on any atom is 0.235 e. The molecule has 4 heteroatoms. The van der Waals surface area contributed by atoms with Crippen LogP contribution in [0.2, 0.25) is 0 Å². The summed E-state index contributed by atoms with van der Waals surface area (Å²) in [6.45, 7) is 0.329. The van der Waals surface area contributed by atoms with Gasteiger partial charge in [-0.2, -0.15) is 5.26 Å². The van der Waals surface area contributed by atoms with E-state index in [1.54, 1.807) is 12.1 Å². The lowest BCUT2D eigenvalue weighted by Gasteiger charge is -1.80. The number of rotatable bonds is 2. The number of hydrogen-bond acceptors (Lipinski definition) is 4. The van der Waals surface area contributed by atoms with Gasteiger partial charge in [-0.25, -0.2) is 9.79 Å².